The van der Waals surface area contributed by atoms with Crippen molar-refractivity contribution >= 4 is 29.7 Å². The second-order valence-corrected chi connectivity index (χ2v) is 6.69. The van der Waals surface area contributed by atoms with Crippen molar-refractivity contribution in [1.82, 2.24) is 10.2 Å². The summed E-state index contributed by atoms with van der Waals surface area (Å²) < 4.78 is 0. The van der Waals surface area contributed by atoms with Crippen molar-refractivity contribution in [2.75, 3.05) is 19.6 Å². The molecule has 23 heavy (non-hydrogen) atoms. The van der Waals surface area contributed by atoms with Gasteiger partial charge in [-0.2, -0.15) is 0 Å². The van der Waals surface area contributed by atoms with E-state index in [9.17, 15) is 4.79 Å². The first-order valence-electron chi connectivity index (χ1n) is 7.89. The summed E-state index contributed by atoms with van der Waals surface area (Å²) in [5, 5.41) is 5.44. The highest BCUT2D eigenvalue weighted by Gasteiger charge is 2.27. The minimum atomic E-state index is 0. The van der Waals surface area contributed by atoms with Gasteiger partial charge in [0, 0.05) is 24.5 Å². The maximum absolute atomic E-state index is 12.7. The van der Waals surface area contributed by atoms with Crippen LogP contribution in [0, 0.1) is 0 Å². The molecule has 3 rings (SSSR count). The van der Waals surface area contributed by atoms with Crippen molar-refractivity contribution in [2.24, 2.45) is 0 Å². The number of piperazine rings is 1. The lowest BCUT2D eigenvalue weighted by atomic mass is 10.0. The van der Waals surface area contributed by atoms with Crippen molar-refractivity contribution in [3.63, 3.8) is 0 Å². The number of benzene rings is 1. The van der Waals surface area contributed by atoms with E-state index in [-0.39, 0.29) is 24.4 Å². The molecule has 1 atom stereocenters. The maximum atomic E-state index is 12.7. The smallest absolute Gasteiger partial charge is 0.228 e. The lowest BCUT2D eigenvalue weighted by Crippen LogP contribution is -2.49. The summed E-state index contributed by atoms with van der Waals surface area (Å²) in [6, 6.07) is 12.9. The van der Waals surface area contributed by atoms with Crippen LogP contribution < -0.4 is 5.32 Å². The first-order valence-corrected chi connectivity index (χ1v) is 8.77. The number of nitrogens with one attached hydrogen (secondary N) is 1. The molecule has 1 unspecified atom stereocenters. The topological polar surface area (TPSA) is 32.3 Å². The molecule has 0 aliphatic carbocycles. The number of rotatable bonds is 4. The Morgan fingerprint density at radius 3 is 2.74 bits per heavy atom. The Kier molecular flexibility index (Phi) is 6.63. The summed E-state index contributed by atoms with van der Waals surface area (Å²) in [7, 11) is 0. The fraction of sp³-hybridized carbons (Fsp3) is 0.389. The average molecular weight is 351 g/mol. The number of carbonyl (C=O) groups excluding carboxylic acids is 1. The Morgan fingerprint density at radius 1 is 1.30 bits per heavy atom. The van der Waals surface area contributed by atoms with Gasteiger partial charge in [-0.05, 0) is 29.0 Å². The normalized spacial score (nSPS) is 17.6. The lowest BCUT2D eigenvalue weighted by molar-refractivity contribution is -0.133. The molecule has 1 aromatic heterocycles. The predicted octanol–water partition coefficient (Wildman–Crippen LogP) is 3.45. The van der Waals surface area contributed by atoms with Crippen molar-refractivity contribution in [3.05, 3.63) is 57.8 Å². The van der Waals surface area contributed by atoms with E-state index < -0.39 is 0 Å². The summed E-state index contributed by atoms with van der Waals surface area (Å²) in [4.78, 5) is 15.9. The van der Waals surface area contributed by atoms with E-state index in [1.54, 1.807) is 11.3 Å². The van der Waals surface area contributed by atoms with Gasteiger partial charge in [0.15, 0.2) is 0 Å². The summed E-state index contributed by atoms with van der Waals surface area (Å²) in [6.45, 7) is 4.65. The van der Waals surface area contributed by atoms with Crippen LogP contribution in [0.3, 0.4) is 0 Å². The van der Waals surface area contributed by atoms with Gasteiger partial charge < -0.3 is 10.2 Å². The number of thiophene rings is 1. The van der Waals surface area contributed by atoms with E-state index in [2.05, 4.69) is 36.5 Å². The lowest BCUT2D eigenvalue weighted by Gasteiger charge is -2.36. The first kappa shape index (κ1) is 18.0. The summed E-state index contributed by atoms with van der Waals surface area (Å²) in [6.07, 6.45) is 1.56. The largest absolute Gasteiger partial charge is 0.333 e. The van der Waals surface area contributed by atoms with Crippen LogP contribution in [0.25, 0.3) is 0 Å². The second-order valence-electron chi connectivity index (χ2n) is 5.66. The molecule has 2 aromatic rings. The van der Waals surface area contributed by atoms with Crippen molar-refractivity contribution in [3.8, 4) is 0 Å². The quantitative estimate of drug-likeness (QED) is 0.916. The summed E-state index contributed by atoms with van der Waals surface area (Å²) >= 11 is 1.65. The predicted molar refractivity (Wildman–Crippen MR) is 98.4 cm³/mol. The fourth-order valence-corrected chi connectivity index (χ4v) is 3.64. The molecule has 1 amide bonds. The minimum Gasteiger partial charge on any atom is -0.333 e. The average Bonchev–Trinajstić information content (AvgIpc) is 3.08. The van der Waals surface area contributed by atoms with E-state index in [0.717, 1.165) is 30.9 Å². The number of hydrogen-bond donors (Lipinski definition) is 1. The van der Waals surface area contributed by atoms with Crippen molar-refractivity contribution in [1.29, 1.82) is 0 Å². The van der Waals surface area contributed by atoms with Crippen LogP contribution in [0.4, 0.5) is 0 Å². The van der Waals surface area contributed by atoms with Crippen molar-refractivity contribution < 1.29 is 4.79 Å². The summed E-state index contributed by atoms with van der Waals surface area (Å²) in [5.41, 5.74) is 2.56. The van der Waals surface area contributed by atoms with E-state index in [4.69, 9.17) is 0 Å². The molecule has 2 heterocycles. The third-order valence-corrected chi connectivity index (χ3v) is 5.12. The molecule has 124 valence electrons. The monoisotopic (exact) mass is 350 g/mol. The highest BCUT2D eigenvalue weighted by molar-refractivity contribution is 7.10. The Morgan fingerprint density at radius 2 is 2.09 bits per heavy atom. The van der Waals surface area contributed by atoms with E-state index in [0.29, 0.717) is 6.42 Å². The SMILES string of the molecule is CCc1ccc(C2CNCCN2C(=O)Cc2cccs2)cc1.Cl. The number of halogens is 1. The van der Waals surface area contributed by atoms with Crippen LogP contribution in [0.2, 0.25) is 0 Å². The number of carbonyl (C=O) groups is 1. The number of hydrogen-bond acceptors (Lipinski definition) is 3. The van der Waals surface area contributed by atoms with Gasteiger partial charge in [-0.25, -0.2) is 0 Å². The zero-order chi connectivity index (χ0) is 15.4. The van der Waals surface area contributed by atoms with Crippen LogP contribution >= 0.6 is 23.7 Å². The van der Waals surface area contributed by atoms with Crippen LogP contribution in [-0.4, -0.2) is 30.4 Å². The van der Waals surface area contributed by atoms with E-state index in [1.165, 1.54) is 11.1 Å². The number of amides is 1. The first-order chi connectivity index (χ1) is 10.8. The molecule has 1 aliphatic rings. The Bertz CT molecular complexity index is 612. The van der Waals surface area contributed by atoms with Gasteiger partial charge in [-0.1, -0.05) is 37.3 Å². The number of nitrogens with zero attached hydrogens (tertiary/aromatic N) is 1. The van der Waals surface area contributed by atoms with Gasteiger partial charge in [0.2, 0.25) is 5.91 Å². The van der Waals surface area contributed by atoms with Crippen molar-refractivity contribution in [2.45, 2.75) is 25.8 Å². The van der Waals surface area contributed by atoms with Gasteiger partial charge in [0.1, 0.15) is 0 Å². The number of aryl methyl sites for hydroxylation is 1. The van der Waals surface area contributed by atoms with Gasteiger partial charge in [-0.15, -0.1) is 23.7 Å². The van der Waals surface area contributed by atoms with Gasteiger partial charge >= 0.3 is 0 Å². The maximum Gasteiger partial charge on any atom is 0.228 e. The van der Waals surface area contributed by atoms with Crippen LogP contribution in [0.15, 0.2) is 41.8 Å². The zero-order valence-electron chi connectivity index (χ0n) is 13.3. The zero-order valence-corrected chi connectivity index (χ0v) is 15.0. The molecular weight excluding hydrogens is 328 g/mol. The molecule has 0 spiro atoms. The molecule has 3 nitrogen and oxygen atoms in total. The van der Waals surface area contributed by atoms with Crippen LogP contribution in [-0.2, 0) is 17.6 Å². The molecule has 1 N–H and O–H groups in total. The molecule has 0 saturated carbocycles. The summed E-state index contributed by atoms with van der Waals surface area (Å²) in [5.74, 6) is 0.230. The van der Waals surface area contributed by atoms with Gasteiger partial charge in [0.05, 0.1) is 12.5 Å². The third kappa shape index (κ3) is 4.34. The molecule has 1 saturated heterocycles. The fourth-order valence-electron chi connectivity index (χ4n) is 2.94. The second kappa shape index (κ2) is 8.48. The van der Waals surface area contributed by atoms with Crippen LogP contribution in [0.5, 0.6) is 0 Å². The van der Waals surface area contributed by atoms with E-state index in [1.807, 2.05) is 22.4 Å². The third-order valence-electron chi connectivity index (χ3n) is 4.24. The molecule has 1 fully saturated rings. The standard InChI is InChI=1S/C18H22N2OS.ClH/c1-2-14-5-7-15(8-6-14)17-13-19-9-10-20(17)18(21)12-16-4-3-11-22-16;/h3-8,11,17,19H,2,9-10,12-13H2,1H3;1H. The molecule has 5 heteroatoms. The van der Waals surface area contributed by atoms with Gasteiger partial charge in [0.25, 0.3) is 0 Å². The Balaban J connectivity index is 0.00000192. The molecule has 0 radical (unpaired) electrons. The van der Waals surface area contributed by atoms with Crippen LogP contribution in [0.1, 0.15) is 29.0 Å². The van der Waals surface area contributed by atoms with E-state index >= 15 is 0 Å². The van der Waals surface area contributed by atoms with Gasteiger partial charge in [-0.3, -0.25) is 4.79 Å². The Hall–Kier alpha value is -1.36. The molecule has 1 aliphatic heterocycles. The highest BCUT2D eigenvalue weighted by atomic mass is 35.5. The minimum absolute atomic E-state index is 0. The highest BCUT2D eigenvalue weighted by Crippen LogP contribution is 2.24. The molecule has 1 aromatic carbocycles. The molecular formula is C18H23ClN2OS. The Labute approximate surface area is 148 Å². The molecule has 0 bridgehead atoms.